The molecule has 6 heterocycles. The van der Waals surface area contributed by atoms with Crippen LogP contribution in [0.3, 0.4) is 0 Å². The fourth-order valence-electron chi connectivity index (χ4n) is 5.36. The fourth-order valence-corrected chi connectivity index (χ4v) is 5.36. The Morgan fingerprint density at radius 1 is 1.14 bits per heavy atom. The molecule has 0 atom stereocenters. The Kier molecular flexibility index (Phi) is 5.37. The molecule has 1 aliphatic carbocycles. The number of carbonyl (C=O) groups excluding carboxylic acids is 1. The van der Waals surface area contributed by atoms with Crippen LogP contribution in [0.25, 0.3) is 11.0 Å². The quantitative estimate of drug-likeness (QED) is 0.556. The number of hydrogen-bond donors (Lipinski definition) is 2. The van der Waals surface area contributed by atoms with Gasteiger partial charge in [-0.3, -0.25) is 14.8 Å². The number of amides is 1. The highest BCUT2D eigenvalue weighted by Gasteiger charge is 2.49. The number of pyridine rings is 2. The first-order valence-corrected chi connectivity index (χ1v) is 12.0. The number of aryl methyl sites for hydroxylation is 2. The largest absolute Gasteiger partial charge is 0.478 e. The van der Waals surface area contributed by atoms with Gasteiger partial charge in [0.15, 0.2) is 18.2 Å². The summed E-state index contributed by atoms with van der Waals surface area (Å²) in [6, 6.07) is 3.79. The second-order valence-electron chi connectivity index (χ2n) is 9.85. The average molecular weight is 479 g/mol. The third-order valence-corrected chi connectivity index (χ3v) is 7.55. The minimum Gasteiger partial charge on any atom is -0.478 e. The monoisotopic (exact) mass is 478 g/mol. The third-order valence-electron chi connectivity index (χ3n) is 7.55. The Morgan fingerprint density at radius 3 is 2.80 bits per heavy atom. The molecule has 0 aromatic carbocycles. The molecular formula is C25H27FN6O3. The van der Waals surface area contributed by atoms with Gasteiger partial charge >= 0.3 is 0 Å². The summed E-state index contributed by atoms with van der Waals surface area (Å²) in [5.41, 5.74) is 2.47. The maximum absolute atomic E-state index is 14.7. The molecule has 2 saturated heterocycles. The van der Waals surface area contributed by atoms with Crippen molar-refractivity contribution < 1.29 is 18.7 Å². The molecular weight excluding hydrogens is 451 g/mol. The highest BCUT2D eigenvalue weighted by atomic mass is 19.1. The summed E-state index contributed by atoms with van der Waals surface area (Å²) < 4.78 is 26.4. The minimum absolute atomic E-state index is 0.0175. The maximum atomic E-state index is 14.7. The molecule has 3 fully saturated rings. The van der Waals surface area contributed by atoms with Gasteiger partial charge in [-0.15, -0.1) is 0 Å². The molecule has 10 heteroatoms. The molecule has 2 N–H and O–H groups in total. The van der Waals surface area contributed by atoms with Crippen LogP contribution < -0.4 is 15.4 Å². The standard InChI is InChI=1S/C25H27FN6O3/c1-15-2-3-18-22(30-15)16(17(26)10-27-18)4-5-25-8-6-24(7-9-25,14-35-25)29-12-20-28-11-19-23(31-20)32-21(33)13-34-19/h2-3,10-11,29H,4-9,12-14H2,1H3,(H,28,31,32,33). The van der Waals surface area contributed by atoms with Crippen molar-refractivity contribution in [2.75, 3.05) is 18.5 Å². The van der Waals surface area contributed by atoms with Crippen LogP contribution in [0.4, 0.5) is 10.2 Å². The normalized spacial score (nSPS) is 25.3. The van der Waals surface area contributed by atoms with Crippen molar-refractivity contribution in [1.29, 1.82) is 0 Å². The number of nitrogens with one attached hydrogen (secondary N) is 2. The molecule has 3 aromatic rings. The van der Waals surface area contributed by atoms with Crippen LogP contribution in [0, 0.1) is 12.7 Å². The topological polar surface area (TPSA) is 111 Å². The number of hydrogen-bond acceptors (Lipinski definition) is 8. The molecule has 3 aliphatic heterocycles. The van der Waals surface area contributed by atoms with E-state index in [0.717, 1.165) is 43.3 Å². The number of anilines is 1. The van der Waals surface area contributed by atoms with Crippen molar-refractivity contribution in [2.45, 2.75) is 63.1 Å². The van der Waals surface area contributed by atoms with Crippen molar-refractivity contribution in [1.82, 2.24) is 25.3 Å². The Bertz CT molecular complexity index is 1290. The van der Waals surface area contributed by atoms with E-state index in [2.05, 4.69) is 30.6 Å². The zero-order chi connectivity index (χ0) is 24.0. The summed E-state index contributed by atoms with van der Waals surface area (Å²) in [6.07, 6.45) is 7.96. The van der Waals surface area contributed by atoms with E-state index in [1.54, 1.807) is 6.20 Å². The van der Waals surface area contributed by atoms with E-state index in [-0.39, 0.29) is 29.5 Å². The van der Waals surface area contributed by atoms with E-state index in [0.29, 0.717) is 48.0 Å². The van der Waals surface area contributed by atoms with E-state index in [9.17, 15) is 9.18 Å². The van der Waals surface area contributed by atoms with Crippen LogP contribution in [-0.2, 0) is 22.5 Å². The van der Waals surface area contributed by atoms with Gasteiger partial charge in [0.1, 0.15) is 11.6 Å². The molecule has 0 spiro atoms. The van der Waals surface area contributed by atoms with E-state index < -0.39 is 0 Å². The molecule has 0 unspecified atom stereocenters. The number of fused-ring (bicyclic) bond motifs is 5. The number of halogens is 1. The van der Waals surface area contributed by atoms with Crippen molar-refractivity contribution in [3.8, 4) is 5.75 Å². The van der Waals surface area contributed by atoms with Crippen molar-refractivity contribution in [2.24, 2.45) is 0 Å². The van der Waals surface area contributed by atoms with Crippen molar-refractivity contribution in [3.63, 3.8) is 0 Å². The molecule has 1 amide bonds. The van der Waals surface area contributed by atoms with Gasteiger partial charge in [-0.05, 0) is 57.6 Å². The zero-order valence-electron chi connectivity index (χ0n) is 19.6. The summed E-state index contributed by atoms with van der Waals surface area (Å²) in [5, 5.41) is 6.32. The molecule has 2 bridgehead atoms. The van der Waals surface area contributed by atoms with E-state index in [1.807, 2.05) is 19.1 Å². The molecule has 1 saturated carbocycles. The smallest absolute Gasteiger partial charge is 0.263 e. The van der Waals surface area contributed by atoms with E-state index >= 15 is 0 Å². The highest BCUT2D eigenvalue weighted by molar-refractivity contribution is 5.94. The van der Waals surface area contributed by atoms with Gasteiger partial charge < -0.3 is 20.1 Å². The van der Waals surface area contributed by atoms with Crippen molar-refractivity contribution in [3.05, 3.63) is 47.4 Å². The number of carbonyl (C=O) groups is 1. The van der Waals surface area contributed by atoms with Gasteiger partial charge in [0.2, 0.25) is 0 Å². The van der Waals surface area contributed by atoms with Crippen LogP contribution in [0.2, 0.25) is 0 Å². The highest BCUT2D eigenvalue weighted by Crippen LogP contribution is 2.46. The summed E-state index contributed by atoms with van der Waals surface area (Å²) >= 11 is 0. The number of aromatic nitrogens is 4. The second-order valence-corrected chi connectivity index (χ2v) is 9.85. The maximum Gasteiger partial charge on any atom is 0.263 e. The molecule has 3 aromatic heterocycles. The Labute approximate surface area is 201 Å². The number of nitrogens with zero attached hydrogens (tertiary/aromatic N) is 4. The van der Waals surface area contributed by atoms with Gasteiger partial charge in [-0.2, -0.15) is 0 Å². The van der Waals surface area contributed by atoms with Crippen LogP contribution >= 0.6 is 0 Å². The van der Waals surface area contributed by atoms with Gasteiger partial charge in [-0.25, -0.2) is 14.4 Å². The first-order chi connectivity index (χ1) is 16.9. The third kappa shape index (κ3) is 4.21. The van der Waals surface area contributed by atoms with E-state index in [1.165, 1.54) is 6.20 Å². The van der Waals surface area contributed by atoms with E-state index in [4.69, 9.17) is 9.47 Å². The Balaban J connectivity index is 1.10. The molecule has 35 heavy (non-hydrogen) atoms. The molecule has 4 aliphatic rings. The molecule has 7 rings (SSSR count). The number of rotatable bonds is 6. The Hall–Kier alpha value is -3.24. The summed E-state index contributed by atoms with van der Waals surface area (Å²) in [7, 11) is 0. The first kappa shape index (κ1) is 22.2. The molecule has 182 valence electrons. The predicted molar refractivity (Wildman–Crippen MR) is 125 cm³/mol. The summed E-state index contributed by atoms with van der Waals surface area (Å²) in [6.45, 7) is 2.95. The van der Waals surface area contributed by atoms with Crippen molar-refractivity contribution >= 4 is 22.8 Å². The summed E-state index contributed by atoms with van der Waals surface area (Å²) in [4.78, 5) is 29.1. The minimum atomic E-state index is -0.304. The molecule has 0 radical (unpaired) electrons. The Morgan fingerprint density at radius 2 is 2.00 bits per heavy atom. The lowest BCUT2D eigenvalue weighted by atomic mass is 9.69. The first-order valence-electron chi connectivity index (χ1n) is 12.0. The van der Waals surface area contributed by atoms with Crippen LogP contribution in [0.5, 0.6) is 5.75 Å². The zero-order valence-corrected chi connectivity index (χ0v) is 19.6. The molecule has 9 nitrogen and oxygen atoms in total. The van der Waals surface area contributed by atoms with Gasteiger partial charge in [0.05, 0.1) is 42.2 Å². The fraction of sp³-hybridized carbons (Fsp3) is 0.480. The van der Waals surface area contributed by atoms with Crippen LogP contribution in [0.1, 0.15) is 49.2 Å². The van der Waals surface area contributed by atoms with Crippen LogP contribution in [0.15, 0.2) is 24.5 Å². The second kappa shape index (κ2) is 8.46. The lowest BCUT2D eigenvalue weighted by Crippen LogP contribution is -2.61. The SMILES string of the molecule is Cc1ccc2ncc(F)c(CCC34CCC(NCc5ncc6c(n5)NC(=O)CO6)(CC3)CO4)c2n1. The lowest BCUT2D eigenvalue weighted by molar-refractivity contribution is -0.165. The average Bonchev–Trinajstić information content (AvgIpc) is 2.88. The lowest BCUT2D eigenvalue weighted by Gasteiger charge is -2.53. The number of ether oxygens (including phenoxy) is 2. The van der Waals surface area contributed by atoms with Gasteiger partial charge in [0.25, 0.3) is 5.91 Å². The van der Waals surface area contributed by atoms with Crippen LogP contribution in [-0.4, -0.2) is 50.2 Å². The summed E-state index contributed by atoms with van der Waals surface area (Å²) in [5.74, 6) is 0.964. The predicted octanol–water partition coefficient (Wildman–Crippen LogP) is 3.00. The van der Waals surface area contributed by atoms with Gasteiger partial charge in [-0.1, -0.05) is 0 Å². The van der Waals surface area contributed by atoms with Gasteiger partial charge in [0, 0.05) is 16.8 Å².